The Hall–Kier alpha value is -0.860. The molecule has 1 atom stereocenters. The van der Waals surface area contributed by atoms with Crippen LogP contribution < -0.4 is 0 Å². The lowest BCUT2D eigenvalue weighted by Gasteiger charge is -2.14. The maximum absolute atomic E-state index is 9.98. The third-order valence-electron chi connectivity index (χ3n) is 2.89. The maximum Gasteiger partial charge on any atom is 0.103 e. The van der Waals surface area contributed by atoms with Crippen molar-refractivity contribution in [2.75, 3.05) is 13.2 Å². The van der Waals surface area contributed by atoms with Crippen LogP contribution in [-0.2, 0) is 4.74 Å². The quantitative estimate of drug-likeness (QED) is 0.734. The maximum atomic E-state index is 9.98. The van der Waals surface area contributed by atoms with Gasteiger partial charge in [-0.25, -0.2) is 0 Å². The van der Waals surface area contributed by atoms with Crippen molar-refractivity contribution in [3.63, 3.8) is 0 Å². The highest BCUT2D eigenvalue weighted by Crippen LogP contribution is 2.17. The van der Waals surface area contributed by atoms with Gasteiger partial charge in [0.2, 0.25) is 0 Å². The molecule has 1 rings (SSSR count). The lowest BCUT2D eigenvalue weighted by atomic mass is 10.0. The van der Waals surface area contributed by atoms with Crippen LogP contribution >= 0.6 is 0 Å². The van der Waals surface area contributed by atoms with E-state index in [1.165, 1.54) is 6.42 Å². The van der Waals surface area contributed by atoms with Crippen molar-refractivity contribution in [2.24, 2.45) is 5.92 Å². The smallest absolute Gasteiger partial charge is 0.103 e. The number of aryl methyl sites for hydroxylation is 1. The molecular weight excluding hydrogens is 212 g/mol. The van der Waals surface area contributed by atoms with Crippen molar-refractivity contribution in [2.45, 2.75) is 39.7 Å². The summed E-state index contributed by atoms with van der Waals surface area (Å²) in [5.74, 6) is 0.722. The van der Waals surface area contributed by atoms with Crippen molar-refractivity contribution in [1.29, 1.82) is 0 Å². The van der Waals surface area contributed by atoms with Crippen LogP contribution in [0.3, 0.4) is 0 Å². The largest absolute Gasteiger partial charge is 0.386 e. The Balaban J connectivity index is 2.26. The SMILES string of the molecule is Cc1ccccc1C(O)COCCCC(C)C. The first-order valence-electron chi connectivity index (χ1n) is 6.42. The standard InChI is InChI=1S/C15H24O2/c1-12(2)7-6-10-17-11-15(16)14-9-5-4-8-13(14)3/h4-5,8-9,12,15-16H,6-7,10-11H2,1-3H3. The summed E-state index contributed by atoms with van der Waals surface area (Å²) in [5.41, 5.74) is 2.09. The second-order valence-electron chi connectivity index (χ2n) is 4.98. The number of rotatable bonds is 7. The molecule has 0 aliphatic carbocycles. The van der Waals surface area contributed by atoms with E-state index < -0.39 is 6.10 Å². The summed E-state index contributed by atoms with van der Waals surface area (Å²) >= 11 is 0. The molecule has 1 aromatic rings. The van der Waals surface area contributed by atoms with Gasteiger partial charge in [0, 0.05) is 6.61 Å². The van der Waals surface area contributed by atoms with Gasteiger partial charge in [-0.05, 0) is 36.8 Å². The van der Waals surface area contributed by atoms with E-state index in [1.807, 2.05) is 31.2 Å². The Kier molecular flexibility index (Phi) is 6.23. The minimum Gasteiger partial charge on any atom is -0.386 e. The summed E-state index contributed by atoms with van der Waals surface area (Å²) in [7, 11) is 0. The second kappa shape index (κ2) is 7.46. The normalized spacial score (nSPS) is 13.0. The van der Waals surface area contributed by atoms with Crippen LogP contribution in [0.5, 0.6) is 0 Å². The molecule has 1 N–H and O–H groups in total. The van der Waals surface area contributed by atoms with Crippen LogP contribution in [0, 0.1) is 12.8 Å². The monoisotopic (exact) mass is 236 g/mol. The van der Waals surface area contributed by atoms with Gasteiger partial charge in [0.25, 0.3) is 0 Å². The van der Waals surface area contributed by atoms with Crippen LogP contribution in [-0.4, -0.2) is 18.3 Å². The topological polar surface area (TPSA) is 29.5 Å². The van der Waals surface area contributed by atoms with Gasteiger partial charge in [0.05, 0.1) is 6.61 Å². The van der Waals surface area contributed by atoms with E-state index in [0.29, 0.717) is 6.61 Å². The molecule has 0 bridgehead atoms. The van der Waals surface area contributed by atoms with Crippen molar-refractivity contribution < 1.29 is 9.84 Å². The highest BCUT2D eigenvalue weighted by Gasteiger charge is 2.09. The van der Waals surface area contributed by atoms with Crippen LogP contribution in [0.25, 0.3) is 0 Å². The molecule has 0 aliphatic rings. The van der Waals surface area contributed by atoms with Gasteiger partial charge in [0.15, 0.2) is 0 Å². The van der Waals surface area contributed by atoms with Crippen molar-refractivity contribution in [3.05, 3.63) is 35.4 Å². The zero-order valence-electron chi connectivity index (χ0n) is 11.1. The number of hydrogen-bond donors (Lipinski definition) is 1. The Labute approximate surface area is 105 Å². The third kappa shape index (κ3) is 5.33. The molecule has 2 heteroatoms. The van der Waals surface area contributed by atoms with E-state index in [-0.39, 0.29) is 0 Å². The molecule has 2 nitrogen and oxygen atoms in total. The summed E-state index contributed by atoms with van der Waals surface area (Å²) in [6.45, 7) is 7.56. The Morgan fingerprint density at radius 3 is 2.59 bits per heavy atom. The van der Waals surface area contributed by atoms with Gasteiger partial charge < -0.3 is 9.84 Å². The summed E-state index contributed by atoms with van der Waals surface area (Å²) < 4.78 is 5.51. The van der Waals surface area contributed by atoms with Crippen molar-refractivity contribution >= 4 is 0 Å². The number of aliphatic hydroxyl groups is 1. The summed E-state index contributed by atoms with van der Waals surface area (Å²) in [6.07, 6.45) is 1.74. The average Bonchev–Trinajstić information content (AvgIpc) is 2.28. The van der Waals surface area contributed by atoms with Gasteiger partial charge in [-0.15, -0.1) is 0 Å². The molecule has 96 valence electrons. The predicted molar refractivity (Wildman–Crippen MR) is 71.0 cm³/mol. The lowest BCUT2D eigenvalue weighted by Crippen LogP contribution is -2.09. The minimum absolute atomic E-state index is 0.392. The molecule has 0 saturated carbocycles. The third-order valence-corrected chi connectivity index (χ3v) is 2.89. The first kappa shape index (κ1) is 14.2. The first-order valence-corrected chi connectivity index (χ1v) is 6.42. The van der Waals surface area contributed by atoms with E-state index in [1.54, 1.807) is 0 Å². The summed E-state index contributed by atoms with van der Waals surface area (Å²) in [4.78, 5) is 0. The number of aliphatic hydroxyl groups excluding tert-OH is 1. The number of hydrogen-bond acceptors (Lipinski definition) is 2. The molecule has 0 radical (unpaired) electrons. The van der Waals surface area contributed by atoms with E-state index in [2.05, 4.69) is 13.8 Å². The van der Waals surface area contributed by atoms with Crippen LogP contribution in [0.15, 0.2) is 24.3 Å². The lowest BCUT2D eigenvalue weighted by molar-refractivity contribution is 0.0335. The van der Waals surface area contributed by atoms with Crippen LogP contribution in [0.1, 0.15) is 43.9 Å². The van der Waals surface area contributed by atoms with Gasteiger partial charge in [0.1, 0.15) is 6.10 Å². The molecular formula is C15H24O2. The molecule has 0 fully saturated rings. The van der Waals surface area contributed by atoms with Crippen molar-refractivity contribution in [3.8, 4) is 0 Å². The molecule has 0 heterocycles. The van der Waals surface area contributed by atoms with E-state index in [0.717, 1.165) is 30.1 Å². The molecule has 0 amide bonds. The zero-order chi connectivity index (χ0) is 12.7. The Bertz CT molecular complexity index is 320. The number of benzene rings is 1. The van der Waals surface area contributed by atoms with Gasteiger partial charge in [-0.3, -0.25) is 0 Å². The van der Waals surface area contributed by atoms with E-state index in [9.17, 15) is 5.11 Å². The van der Waals surface area contributed by atoms with Crippen LogP contribution in [0.2, 0.25) is 0 Å². The van der Waals surface area contributed by atoms with Crippen molar-refractivity contribution in [1.82, 2.24) is 0 Å². The fourth-order valence-electron chi connectivity index (χ4n) is 1.84. The highest BCUT2D eigenvalue weighted by molar-refractivity contribution is 5.27. The van der Waals surface area contributed by atoms with Gasteiger partial charge in [-0.2, -0.15) is 0 Å². The molecule has 0 aromatic heterocycles. The summed E-state index contributed by atoms with van der Waals surface area (Å²) in [5, 5.41) is 9.98. The van der Waals surface area contributed by atoms with Crippen LogP contribution in [0.4, 0.5) is 0 Å². The molecule has 17 heavy (non-hydrogen) atoms. The van der Waals surface area contributed by atoms with Gasteiger partial charge >= 0.3 is 0 Å². The molecule has 0 aliphatic heterocycles. The van der Waals surface area contributed by atoms with E-state index in [4.69, 9.17) is 4.74 Å². The Morgan fingerprint density at radius 1 is 1.24 bits per heavy atom. The van der Waals surface area contributed by atoms with Gasteiger partial charge in [-0.1, -0.05) is 38.1 Å². The minimum atomic E-state index is -0.504. The second-order valence-corrected chi connectivity index (χ2v) is 4.98. The molecule has 1 unspecified atom stereocenters. The predicted octanol–water partition coefficient (Wildman–Crippen LogP) is 3.48. The number of ether oxygens (including phenoxy) is 1. The zero-order valence-corrected chi connectivity index (χ0v) is 11.1. The fraction of sp³-hybridized carbons (Fsp3) is 0.600. The first-order chi connectivity index (χ1) is 8.11. The fourth-order valence-corrected chi connectivity index (χ4v) is 1.84. The molecule has 0 saturated heterocycles. The molecule has 0 spiro atoms. The molecule has 1 aromatic carbocycles. The average molecular weight is 236 g/mol. The summed E-state index contributed by atoms with van der Waals surface area (Å²) in [6, 6.07) is 7.90. The highest BCUT2D eigenvalue weighted by atomic mass is 16.5. The van der Waals surface area contributed by atoms with E-state index >= 15 is 0 Å². The Morgan fingerprint density at radius 2 is 1.94 bits per heavy atom.